The van der Waals surface area contributed by atoms with Crippen molar-refractivity contribution in [2.24, 2.45) is 11.3 Å². The first-order valence-corrected chi connectivity index (χ1v) is 5.15. The van der Waals surface area contributed by atoms with E-state index in [0.717, 1.165) is 6.54 Å². The van der Waals surface area contributed by atoms with Gasteiger partial charge in [-0.2, -0.15) is 0 Å². The van der Waals surface area contributed by atoms with Gasteiger partial charge < -0.3 is 10.1 Å². The summed E-state index contributed by atoms with van der Waals surface area (Å²) in [5.74, 6) is 0.445. The maximum atomic E-state index is 10.8. The fourth-order valence-electron chi connectivity index (χ4n) is 0.917. The monoisotopic (exact) mass is 201 g/mol. The highest BCUT2D eigenvalue weighted by Crippen LogP contribution is 2.24. The second-order valence-electron chi connectivity index (χ2n) is 4.80. The van der Waals surface area contributed by atoms with Crippen LogP contribution in [0.1, 0.15) is 34.1 Å². The van der Waals surface area contributed by atoms with E-state index in [2.05, 4.69) is 37.7 Å². The van der Waals surface area contributed by atoms with Crippen LogP contribution in [0.2, 0.25) is 0 Å². The molecule has 0 radical (unpaired) electrons. The number of ether oxygens (including phenoxy) is 1. The van der Waals surface area contributed by atoms with Gasteiger partial charge in [0.2, 0.25) is 0 Å². The van der Waals surface area contributed by atoms with Crippen LogP contribution in [-0.4, -0.2) is 26.2 Å². The quantitative estimate of drug-likeness (QED) is 0.544. The molecule has 84 valence electrons. The van der Waals surface area contributed by atoms with Crippen LogP contribution in [0.15, 0.2) is 0 Å². The van der Waals surface area contributed by atoms with Crippen molar-refractivity contribution in [1.29, 1.82) is 0 Å². The summed E-state index contributed by atoms with van der Waals surface area (Å²) in [7, 11) is 1.42. The predicted octanol–water partition coefficient (Wildman–Crippen LogP) is 1.82. The molecule has 14 heavy (non-hydrogen) atoms. The van der Waals surface area contributed by atoms with E-state index in [4.69, 9.17) is 0 Å². The Hall–Kier alpha value is -0.570. The predicted molar refractivity (Wildman–Crippen MR) is 58.1 cm³/mol. The van der Waals surface area contributed by atoms with Gasteiger partial charge in [0, 0.05) is 6.54 Å². The molecular weight excluding hydrogens is 178 g/mol. The van der Waals surface area contributed by atoms with Gasteiger partial charge in [0.15, 0.2) is 0 Å². The van der Waals surface area contributed by atoms with E-state index in [-0.39, 0.29) is 5.97 Å². The topological polar surface area (TPSA) is 38.3 Å². The summed E-state index contributed by atoms with van der Waals surface area (Å²) in [5, 5.41) is 3.26. The zero-order valence-electron chi connectivity index (χ0n) is 10.0. The normalized spacial score (nSPS) is 13.8. The van der Waals surface area contributed by atoms with Gasteiger partial charge in [-0.25, -0.2) is 0 Å². The number of carbonyl (C=O) groups is 1. The number of carbonyl (C=O) groups excluding carboxylic acids is 1. The van der Waals surface area contributed by atoms with Crippen molar-refractivity contribution < 1.29 is 9.53 Å². The average molecular weight is 201 g/mol. The number of hydrogen-bond acceptors (Lipinski definition) is 3. The van der Waals surface area contributed by atoms with Crippen LogP contribution in [0.3, 0.4) is 0 Å². The fraction of sp³-hybridized carbons (Fsp3) is 0.909. The molecule has 0 saturated carbocycles. The average Bonchev–Trinajstić information content (AvgIpc) is 2.09. The maximum absolute atomic E-state index is 10.8. The number of esters is 1. The lowest BCUT2D eigenvalue weighted by atomic mass is 9.82. The molecule has 1 atom stereocenters. The molecular formula is C11H23NO2. The summed E-state index contributed by atoms with van der Waals surface area (Å²) in [5.41, 5.74) is 0.318. The molecule has 0 saturated heterocycles. The largest absolute Gasteiger partial charge is 0.469 e. The number of methoxy groups -OCH3 is 1. The van der Waals surface area contributed by atoms with E-state index in [1.807, 2.05) is 0 Å². The molecule has 1 N–H and O–H groups in total. The van der Waals surface area contributed by atoms with Crippen molar-refractivity contribution >= 4 is 5.97 Å². The van der Waals surface area contributed by atoms with Gasteiger partial charge in [0.25, 0.3) is 0 Å². The third kappa shape index (κ3) is 5.97. The minimum Gasteiger partial charge on any atom is -0.469 e. The third-order valence-electron chi connectivity index (χ3n) is 2.66. The molecule has 0 amide bonds. The first-order valence-electron chi connectivity index (χ1n) is 5.15. The van der Waals surface area contributed by atoms with Crippen LogP contribution in [0.25, 0.3) is 0 Å². The Labute approximate surface area is 87.2 Å². The molecule has 3 nitrogen and oxygen atoms in total. The number of rotatable bonds is 5. The molecule has 0 aromatic carbocycles. The van der Waals surface area contributed by atoms with E-state index in [0.29, 0.717) is 24.3 Å². The second kappa shape index (κ2) is 6.02. The summed E-state index contributed by atoms with van der Waals surface area (Å²) >= 11 is 0. The second-order valence-corrected chi connectivity index (χ2v) is 4.80. The highest BCUT2D eigenvalue weighted by Gasteiger charge is 2.19. The highest BCUT2D eigenvalue weighted by molar-refractivity contribution is 5.69. The Kier molecular flexibility index (Phi) is 5.77. The van der Waals surface area contributed by atoms with Gasteiger partial charge in [-0.05, 0) is 17.9 Å². The summed E-state index contributed by atoms with van der Waals surface area (Å²) in [6.07, 6.45) is 0.452. The zero-order valence-corrected chi connectivity index (χ0v) is 10.0. The molecule has 0 aromatic rings. The minimum absolute atomic E-state index is 0.152. The Balaban J connectivity index is 3.50. The van der Waals surface area contributed by atoms with Crippen LogP contribution in [0.5, 0.6) is 0 Å². The van der Waals surface area contributed by atoms with Crippen molar-refractivity contribution in [1.82, 2.24) is 5.32 Å². The Morgan fingerprint density at radius 2 is 2.00 bits per heavy atom. The molecule has 0 aromatic heterocycles. The Morgan fingerprint density at radius 1 is 1.43 bits per heavy atom. The summed E-state index contributed by atoms with van der Waals surface area (Å²) in [6, 6.07) is 0. The molecule has 0 bridgehead atoms. The lowest BCUT2D eigenvalue weighted by Crippen LogP contribution is -2.31. The van der Waals surface area contributed by atoms with E-state index in [9.17, 15) is 4.79 Å². The summed E-state index contributed by atoms with van der Waals surface area (Å²) in [6.45, 7) is 10.5. The molecule has 0 spiro atoms. The molecule has 0 fully saturated rings. The van der Waals surface area contributed by atoms with Crippen molar-refractivity contribution in [3.8, 4) is 0 Å². The molecule has 0 aliphatic heterocycles. The van der Waals surface area contributed by atoms with E-state index in [1.165, 1.54) is 7.11 Å². The first-order chi connectivity index (χ1) is 6.38. The van der Waals surface area contributed by atoms with Crippen molar-refractivity contribution in [3.05, 3.63) is 0 Å². The lowest BCUT2D eigenvalue weighted by molar-refractivity contribution is -0.140. The fourth-order valence-corrected chi connectivity index (χ4v) is 0.917. The van der Waals surface area contributed by atoms with Crippen LogP contribution >= 0.6 is 0 Å². The van der Waals surface area contributed by atoms with Gasteiger partial charge in [0.1, 0.15) is 0 Å². The van der Waals surface area contributed by atoms with Gasteiger partial charge in [0.05, 0.1) is 13.5 Å². The number of hydrogen-bond donors (Lipinski definition) is 1. The summed E-state index contributed by atoms with van der Waals surface area (Å²) in [4.78, 5) is 10.8. The molecule has 0 heterocycles. The van der Waals surface area contributed by atoms with Crippen LogP contribution < -0.4 is 5.32 Å². The van der Waals surface area contributed by atoms with Crippen LogP contribution in [-0.2, 0) is 9.53 Å². The van der Waals surface area contributed by atoms with E-state index in [1.54, 1.807) is 0 Å². The third-order valence-corrected chi connectivity index (χ3v) is 2.66. The van der Waals surface area contributed by atoms with Gasteiger partial charge >= 0.3 is 5.97 Å². The molecule has 0 rings (SSSR count). The van der Waals surface area contributed by atoms with Crippen molar-refractivity contribution in [2.45, 2.75) is 34.1 Å². The van der Waals surface area contributed by atoms with Gasteiger partial charge in [-0.3, -0.25) is 4.79 Å². The SMILES string of the molecule is COC(=O)CCNCC(C)C(C)(C)C. The molecule has 3 heteroatoms. The van der Waals surface area contributed by atoms with Crippen LogP contribution in [0.4, 0.5) is 0 Å². The lowest BCUT2D eigenvalue weighted by Gasteiger charge is -2.27. The highest BCUT2D eigenvalue weighted by atomic mass is 16.5. The Bertz CT molecular complexity index is 173. The van der Waals surface area contributed by atoms with E-state index >= 15 is 0 Å². The van der Waals surface area contributed by atoms with E-state index < -0.39 is 0 Å². The number of nitrogens with one attached hydrogen (secondary N) is 1. The van der Waals surface area contributed by atoms with Crippen molar-refractivity contribution in [3.63, 3.8) is 0 Å². The first kappa shape index (κ1) is 13.4. The Morgan fingerprint density at radius 3 is 2.43 bits per heavy atom. The van der Waals surface area contributed by atoms with Gasteiger partial charge in [-0.15, -0.1) is 0 Å². The maximum Gasteiger partial charge on any atom is 0.306 e. The summed E-state index contributed by atoms with van der Waals surface area (Å²) < 4.78 is 4.55. The molecule has 0 aliphatic rings. The smallest absolute Gasteiger partial charge is 0.306 e. The zero-order chi connectivity index (χ0) is 11.2. The standard InChI is InChI=1S/C11H23NO2/c1-9(11(2,3)4)8-12-7-6-10(13)14-5/h9,12H,6-8H2,1-5H3. The van der Waals surface area contributed by atoms with Crippen molar-refractivity contribution in [2.75, 3.05) is 20.2 Å². The molecule has 1 unspecified atom stereocenters. The molecule has 0 aliphatic carbocycles. The minimum atomic E-state index is -0.152. The van der Waals surface area contributed by atoms with Gasteiger partial charge in [-0.1, -0.05) is 27.7 Å². The van der Waals surface area contributed by atoms with Crippen LogP contribution in [0, 0.1) is 11.3 Å².